The Kier molecular flexibility index (Phi) is 3.45. The summed E-state index contributed by atoms with van der Waals surface area (Å²) in [6.07, 6.45) is 1.73. The number of nitrogen functional groups attached to an aromatic ring is 1. The smallest absolute Gasteiger partial charge is 0.168 e. The van der Waals surface area contributed by atoms with Crippen LogP contribution in [0.4, 0.5) is 11.5 Å². The Morgan fingerprint density at radius 2 is 2.00 bits per heavy atom. The third-order valence-corrected chi connectivity index (χ3v) is 2.43. The van der Waals surface area contributed by atoms with Gasteiger partial charge in [-0.25, -0.2) is 4.98 Å². The van der Waals surface area contributed by atoms with Crippen molar-refractivity contribution in [1.82, 2.24) is 4.98 Å². The molecule has 0 saturated carbocycles. The van der Waals surface area contributed by atoms with Crippen molar-refractivity contribution in [2.24, 2.45) is 0 Å². The fraction of sp³-hybridized carbons (Fsp3) is 0.154. The third kappa shape index (κ3) is 2.87. The molecule has 1 aromatic carbocycles. The van der Waals surface area contributed by atoms with E-state index in [1.54, 1.807) is 13.3 Å². The average molecular weight is 229 g/mol. The summed E-state index contributed by atoms with van der Waals surface area (Å²) in [5, 5.41) is 3.22. The van der Waals surface area contributed by atoms with E-state index in [9.17, 15) is 0 Å². The Labute approximate surface area is 100 Å². The van der Waals surface area contributed by atoms with Crippen molar-refractivity contribution in [2.45, 2.75) is 6.54 Å². The maximum atomic E-state index is 5.63. The highest BCUT2D eigenvalue weighted by atomic mass is 16.5. The summed E-state index contributed by atoms with van der Waals surface area (Å²) in [5.41, 5.74) is 7.54. The highest BCUT2D eigenvalue weighted by molar-refractivity contribution is 5.50. The van der Waals surface area contributed by atoms with Gasteiger partial charge in [0.25, 0.3) is 0 Å². The van der Waals surface area contributed by atoms with E-state index < -0.39 is 0 Å². The van der Waals surface area contributed by atoms with Gasteiger partial charge in [-0.15, -0.1) is 0 Å². The standard InChI is InChI=1S/C13H15N3O/c1-17-12-3-2-8-15-13(12)16-9-10-4-6-11(14)7-5-10/h2-8H,9,14H2,1H3,(H,15,16). The molecule has 3 N–H and O–H groups in total. The van der Waals surface area contributed by atoms with E-state index in [1.165, 1.54) is 0 Å². The summed E-state index contributed by atoms with van der Waals surface area (Å²) in [6, 6.07) is 11.4. The Hall–Kier alpha value is -2.23. The van der Waals surface area contributed by atoms with Crippen LogP contribution in [0.5, 0.6) is 5.75 Å². The molecule has 2 aromatic rings. The molecule has 1 heterocycles. The molecule has 0 aliphatic carbocycles. The average Bonchev–Trinajstić information content (AvgIpc) is 2.38. The minimum absolute atomic E-state index is 0.688. The first kappa shape index (κ1) is 11.3. The van der Waals surface area contributed by atoms with Gasteiger partial charge in [-0.2, -0.15) is 0 Å². The molecular weight excluding hydrogens is 214 g/mol. The summed E-state index contributed by atoms with van der Waals surface area (Å²) in [4.78, 5) is 4.22. The second-order valence-electron chi connectivity index (χ2n) is 3.65. The largest absolute Gasteiger partial charge is 0.493 e. The first-order valence-electron chi connectivity index (χ1n) is 5.37. The molecule has 4 heteroatoms. The lowest BCUT2D eigenvalue weighted by Gasteiger charge is -2.09. The molecule has 0 bridgehead atoms. The highest BCUT2D eigenvalue weighted by Gasteiger charge is 2.02. The lowest BCUT2D eigenvalue weighted by Crippen LogP contribution is -2.03. The van der Waals surface area contributed by atoms with Gasteiger partial charge in [0.15, 0.2) is 11.6 Å². The number of hydrogen-bond donors (Lipinski definition) is 2. The van der Waals surface area contributed by atoms with Crippen molar-refractivity contribution in [2.75, 3.05) is 18.2 Å². The Balaban J connectivity index is 2.04. The SMILES string of the molecule is COc1cccnc1NCc1ccc(N)cc1. The second-order valence-corrected chi connectivity index (χ2v) is 3.65. The van der Waals surface area contributed by atoms with E-state index >= 15 is 0 Å². The van der Waals surface area contributed by atoms with Crippen molar-refractivity contribution >= 4 is 11.5 Å². The Bertz CT molecular complexity index is 482. The van der Waals surface area contributed by atoms with E-state index in [0.717, 1.165) is 22.8 Å². The maximum absolute atomic E-state index is 5.63. The first-order chi connectivity index (χ1) is 8.29. The first-order valence-corrected chi connectivity index (χ1v) is 5.37. The number of nitrogens with zero attached hydrogens (tertiary/aromatic N) is 1. The quantitative estimate of drug-likeness (QED) is 0.790. The molecule has 88 valence electrons. The predicted octanol–water partition coefficient (Wildman–Crippen LogP) is 2.28. The zero-order chi connectivity index (χ0) is 12.1. The van der Waals surface area contributed by atoms with Gasteiger partial charge in [0, 0.05) is 18.4 Å². The molecule has 0 spiro atoms. The van der Waals surface area contributed by atoms with E-state index in [4.69, 9.17) is 10.5 Å². The van der Waals surface area contributed by atoms with Crippen LogP contribution in [0.15, 0.2) is 42.6 Å². The van der Waals surface area contributed by atoms with E-state index in [-0.39, 0.29) is 0 Å². The minimum atomic E-state index is 0.688. The van der Waals surface area contributed by atoms with Gasteiger partial charge >= 0.3 is 0 Å². The van der Waals surface area contributed by atoms with Crippen LogP contribution in [0, 0.1) is 0 Å². The number of hydrogen-bond acceptors (Lipinski definition) is 4. The van der Waals surface area contributed by atoms with Crippen LogP contribution < -0.4 is 15.8 Å². The van der Waals surface area contributed by atoms with Gasteiger partial charge in [-0.3, -0.25) is 0 Å². The van der Waals surface area contributed by atoms with Gasteiger partial charge in [0.1, 0.15) is 0 Å². The second kappa shape index (κ2) is 5.21. The number of rotatable bonds is 4. The van der Waals surface area contributed by atoms with Crippen LogP contribution in [0.1, 0.15) is 5.56 Å². The van der Waals surface area contributed by atoms with Crippen molar-refractivity contribution < 1.29 is 4.74 Å². The lowest BCUT2D eigenvalue weighted by molar-refractivity contribution is 0.415. The molecular formula is C13H15N3O. The van der Waals surface area contributed by atoms with E-state index in [1.807, 2.05) is 36.4 Å². The number of pyridine rings is 1. The molecule has 2 rings (SSSR count). The lowest BCUT2D eigenvalue weighted by atomic mass is 10.2. The summed E-state index contributed by atoms with van der Waals surface area (Å²) in [6.45, 7) is 0.688. The van der Waals surface area contributed by atoms with Crippen LogP contribution in [-0.2, 0) is 6.54 Å². The molecule has 0 saturated heterocycles. The van der Waals surface area contributed by atoms with Crippen molar-refractivity contribution in [3.63, 3.8) is 0 Å². The maximum Gasteiger partial charge on any atom is 0.168 e. The van der Waals surface area contributed by atoms with Gasteiger partial charge in [-0.1, -0.05) is 12.1 Å². The van der Waals surface area contributed by atoms with Crippen molar-refractivity contribution in [3.05, 3.63) is 48.2 Å². The van der Waals surface area contributed by atoms with Crippen molar-refractivity contribution in [1.29, 1.82) is 0 Å². The monoisotopic (exact) mass is 229 g/mol. The molecule has 0 fully saturated rings. The van der Waals surface area contributed by atoms with Crippen LogP contribution in [0.2, 0.25) is 0 Å². The molecule has 0 atom stereocenters. The molecule has 1 aromatic heterocycles. The molecule has 0 aliphatic heterocycles. The van der Waals surface area contributed by atoms with Gasteiger partial charge in [0.2, 0.25) is 0 Å². The fourth-order valence-corrected chi connectivity index (χ4v) is 1.51. The van der Waals surface area contributed by atoms with Gasteiger partial charge in [0.05, 0.1) is 7.11 Å². The zero-order valence-corrected chi connectivity index (χ0v) is 9.68. The summed E-state index contributed by atoms with van der Waals surface area (Å²) in [5.74, 6) is 1.48. The van der Waals surface area contributed by atoms with Crippen LogP contribution in [-0.4, -0.2) is 12.1 Å². The number of ether oxygens (including phenoxy) is 1. The van der Waals surface area contributed by atoms with E-state index in [0.29, 0.717) is 6.54 Å². The molecule has 0 unspecified atom stereocenters. The summed E-state index contributed by atoms with van der Waals surface area (Å²) in [7, 11) is 1.63. The Morgan fingerprint density at radius 3 is 2.71 bits per heavy atom. The fourth-order valence-electron chi connectivity index (χ4n) is 1.51. The molecule has 0 aliphatic rings. The molecule has 4 nitrogen and oxygen atoms in total. The number of nitrogens with one attached hydrogen (secondary N) is 1. The van der Waals surface area contributed by atoms with Crippen LogP contribution in [0.25, 0.3) is 0 Å². The van der Waals surface area contributed by atoms with Crippen LogP contribution in [0.3, 0.4) is 0 Å². The number of benzene rings is 1. The minimum Gasteiger partial charge on any atom is -0.493 e. The predicted molar refractivity (Wildman–Crippen MR) is 69.0 cm³/mol. The topological polar surface area (TPSA) is 60.2 Å². The zero-order valence-electron chi connectivity index (χ0n) is 9.68. The normalized spacial score (nSPS) is 9.94. The number of nitrogens with two attached hydrogens (primary N) is 1. The summed E-state index contributed by atoms with van der Waals surface area (Å²) < 4.78 is 5.21. The Morgan fingerprint density at radius 1 is 1.24 bits per heavy atom. The molecule has 17 heavy (non-hydrogen) atoms. The van der Waals surface area contributed by atoms with Gasteiger partial charge < -0.3 is 15.8 Å². The highest BCUT2D eigenvalue weighted by Crippen LogP contribution is 2.20. The van der Waals surface area contributed by atoms with Crippen molar-refractivity contribution in [3.8, 4) is 5.75 Å². The van der Waals surface area contributed by atoms with Gasteiger partial charge in [-0.05, 0) is 29.8 Å². The van der Waals surface area contributed by atoms with E-state index in [2.05, 4.69) is 10.3 Å². The summed E-state index contributed by atoms with van der Waals surface area (Å²) >= 11 is 0. The third-order valence-electron chi connectivity index (χ3n) is 2.43. The number of methoxy groups -OCH3 is 1. The number of aromatic nitrogens is 1. The molecule has 0 radical (unpaired) electrons. The van der Waals surface area contributed by atoms with Crippen LogP contribution >= 0.6 is 0 Å². The molecule has 0 amide bonds. The number of anilines is 2.